The van der Waals surface area contributed by atoms with Crippen LogP contribution in [0.3, 0.4) is 0 Å². The number of halogens is 2. The topological polar surface area (TPSA) is 49.4 Å². The largest absolute Gasteiger partial charge is 0.350 e. The van der Waals surface area contributed by atoms with Crippen molar-refractivity contribution in [3.8, 4) is 0 Å². The average Bonchev–Trinajstić information content (AvgIpc) is 2.78. The van der Waals surface area contributed by atoms with Crippen LogP contribution in [-0.4, -0.2) is 28.3 Å². The zero-order chi connectivity index (χ0) is 25.6. The Labute approximate surface area is 218 Å². The number of aryl methyl sites for hydroxylation is 1. The fraction of sp³-hybridized carbons (Fsp3) is 0.310. The highest BCUT2D eigenvalue weighted by atomic mass is 35.5. The van der Waals surface area contributed by atoms with Crippen molar-refractivity contribution in [2.45, 2.75) is 58.7 Å². The van der Waals surface area contributed by atoms with E-state index in [1.807, 2.05) is 82.3 Å². The predicted molar refractivity (Wildman–Crippen MR) is 144 cm³/mol. The second kappa shape index (κ2) is 11.7. The second-order valence-electron chi connectivity index (χ2n) is 9.86. The maximum atomic E-state index is 13.8. The molecule has 0 spiro atoms. The Balaban J connectivity index is 2.01. The molecule has 0 aliphatic rings. The van der Waals surface area contributed by atoms with Gasteiger partial charge in [-0.05, 0) is 56.5 Å². The first kappa shape index (κ1) is 26.8. The zero-order valence-corrected chi connectivity index (χ0v) is 22.2. The summed E-state index contributed by atoms with van der Waals surface area (Å²) in [6, 6.07) is 22.1. The van der Waals surface area contributed by atoms with Gasteiger partial charge in [-0.3, -0.25) is 9.59 Å². The molecule has 184 valence electrons. The Morgan fingerprint density at radius 1 is 0.914 bits per heavy atom. The van der Waals surface area contributed by atoms with Crippen molar-refractivity contribution in [1.29, 1.82) is 0 Å². The molecule has 0 radical (unpaired) electrons. The SMILES string of the molecule is Cc1ccc(CC(=O)N(Cc2ccc(Cl)cc2Cl)[C@H](Cc2ccccc2)C(=O)NC(C)(C)C)cc1. The predicted octanol–water partition coefficient (Wildman–Crippen LogP) is 6.40. The molecule has 0 heterocycles. The highest BCUT2D eigenvalue weighted by Gasteiger charge is 2.32. The minimum Gasteiger partial charge on any atom is -0.350 e. The quantitative estimate of drug-likeness (QED) is 0.381. The first-order valence-corrected chi connectivity index (χ1v) is 12.4. The van der Waals surface area contributed by atoms with Gasteiger partial charge in [0.15, 0.2) is 0 Å². The molecule has 0 saturated carbocycles. The standard InChI is InChI=1S/C29H32Cl2N2O2/c1-20-10-12-22(13-11-20)17-27(34)33(19-23-14-15-24(30)18-25(23)31)26(28(35)32-29(2,3)4)16-21-8-6-5-7-9-21/h5-15,18,26H,16-17,19H2,1-4H3,(H,32,35)/t26-/m1/s1. The monoisotopic (exact) mass is 510 g/mol. The first-order chi connectivity index (χ1) is 16.5. The summed E-state index contributed by atoms with van der Waals surface area (Å²) in [7, 11) is 0. The van der Waals surface area contributed by atoms with Crippen molar-refractivity contribution in [1.82, 2.24) is 10.2 Å². The number of benzene rings is 3. The van der Waals surface area contributed by atoms with E-state index in [4.69, 9.17) is 23.2 Å². The third kappa shape index (κ3) is 8.12. The van der Waals surface area contributed by atoms with E-state index in [1.54, 1.807) is 23.1 Å². The molecule has 3 rings (SSSR count). The summed E-state index contributed by atoms with van der Waals surface area (Å²) in [5, 5.41) is 4.04. The number of hydrogen-bond acceptors (Lipinski definition) is 2. The first-order valence-electron chi connectivity index (χ1n) is 11.7. The number of amides is 2. The minimum absolute atomic E-state index is 0.148. The lowest BCUT2D eigenvalue weighted by Gasteiger charge is -2.34. The van der Waals surface area contributed by atoms with Gasteiger partial charge < -0.3 is 10.2 Å². The van der Waals surface area contributed by atoms with Crippen LogP contribution < -0.4 is 5.32 Å². The van der Waals surface area contributed by atoms with E-state index in [1.165, 1.54) is 0 Å². The molecule has 0 aromatic heterocycles. The van der Waals surface area contributed by atoms with E-state index >= 15 is 0 Å². The lowest BCUT2D eigenvalue weighted by atomic mass is 9.99. The van der Waals surface area contributed by atoms with Crippen molar-refractivity contribution >= 4 is 35.0 Å². The Bertz CT molecular complexity index is 1160. The van der Waals surface area contributed by atoms with Gasteiger partial charge in [-0.1, -0.05) is 89.4 Å². The van der Waals surface area contributed by atoms with Gasteiger partial charge in [0, 0.05) is 28.5 Å². The molecule has 3 aromatic carbocycles. The normalized spacial score (nSPS) is 12.2. The number of rotatable bonds is 8. The summed E-state index contributed by atoms with van der Waals surface area (Å²) < 4.78 is 0. The summed E-state index contributed by atoms with van der Waals surface area (Å²) in [6.07, 6.45) is 0.563. The highest BCUT2D eigenvalue weighted by Crippen LogP contribution is 2.25. The van der Waals surface area contributed by atoms with Crippen molar-refractivity contribution in [2.24, 2.45) is 0 Å². The molecule has 2 amide bonds. The van der Waals surface area contributed by atoms with Gasteiger partial charge in [0.1, 0.15) is 6.04 Å². The van der Waals surface area contributed by atoms with Crippen molar-refractivity contribution in [3.05, 3.63) is 105 Å². The van der Waals surface area contributed by atoms with Crippen LogP contribution in [0.2, 0.25) is 10.0 Å². The van der Waals surface area contributed by atoms with E-state index in [-0.39, 0.29) is 24.8 Å². The van der Waals surface area contributed by atoms with Crippen LogP contribution in [0.15, 0.2) is 72.8 Å². The molecule has 4 nitrogen and oxygen atoms in total. The Morgan fingerprint density at radius 3 is 2.17 bits per heavy atom. The van der Waals surface area contributed by atoms with Gasteiger partial charge in [0.25, 0.3) is 0 Å². The number of nitrogens with one attached hydrogen (secondary N) is 1. The molecule has 0 fully saturated rings. The minimum atomic E-state index is -0.721. The Kier molecular flexibility index (Phi) is 8.98. The number of carbonyl (C=O) groups is 2. The fourth-order valence-corrected chi connectivity index (χ4v) is 4.29. The molecule has 0 unspecified atom stereocenters. The number of nitrogens with zero attached hydrogens (tertiary/aromatic N) is 1. The molecule has 6 heteroatoms. The molecule has 0 saturated heterocycles. The maximum Gasteiger partial charge on any atom is 0.243 e. The van der Waals surface area contributed by atoms with Crippen LogP contribution in [-0.2, 0) is 29.0 Å². The van der Waals surface area contributed by atoms with Gasteiger partial charge in [-0.25, -0.2) is 0 Å². The molecule has 1 atom stereocenters. The summed E-state index contributed by atoms with van der Waals surface area (Å²) in [5.41, 5.74) is 3.27. The third-order valence-corrected chi connectivity index (χ3v) is 6.19. The Morgan fingerprint density at radius 2 is 1.57 bits per heavy atom. The van der Waals surface area contributed by atoms with Gasteiger partial charge in [0.2, 0.25) is 11.8 Å². The van der Waals surface area contributed by atoms with E-state index < -0.39 is 11.6 Å². The van der Waals surface area contributed by atoms with Crippen LogP contribution in [0.25, 0.3) is 0 Å². The Hall–Kier alpha value is -2.82. The van der Waals surface area contributed by atoms with Crippen LogP contribution in [0.4, 0.5) is 0 Å². The van der Waals surface area contributed by atoms with Crippen LogP contribution in [0, 0.1) is 6.92 Å². The van der Waals surface area contributed by atoms with E-state index in [0.29, 0.717) is 16.5 Å². The lowest BCUT2D eigenvalue weighted by Crippen LogP contribution is -2.54. The van der Waals surface area contributed by atoms with Gasteiger partial charge in [-0.2, -0.15) is 0 Å². The van der Waals surface area contributed by atoms with E-state index in [9.17, 15) is 9.59 Å². The smallest absolute Gasteiger partial charge is 0.243 e. The summed E-state index contributed by atoms with van der Waals surface area (Å²) in [5.74, 6) is -0.353. The molecular weight excluding hydrogens is 479 g/mol. The van der Waals surface area contributed by atoms with Crippen LogP contribution in [0.1, 0.15) is 43.0 Å². The number of carbonyl (C=O) groups excluding carboxylic acids is 2. The lowest BCUT2D eigenvalue weighted by molar-refractivity contribution is -0.141. The highest BCUT2D eigenvalue weighted by molar-refractivity contribution is 6.35. The van der Waals surface area contributed by atoms with E-state index in [0.717, 1.165) is 22.3 Å². The molecule has 0 bridgehead atoms. The summed E-state index contributed by atoms with van der Waals surface area (Å²) >= 11 is 12.6. The summed E-state index contributed by atoms with van der Waals surface area (Å²) in [4.78, 5) is 29.0. The summed E-state index contributed by atoms with van der Waals surface area (Å²) in [6.45, 7) is 7.99. The van der Waals surface area contributed by atoms with Crippen LogP contribution >= 0.6 is 23.2 Å². The molecule has 0 aliphatic heterocycles. The van der Waals surface area contributed by atoms with Gasteiger partial charge in [0.05, 0.1) is 6.42 Å². The van der Waals surface area contributed by atoms with E-state index in [2.05, 4.69) is 5.32 Å². The van der Waals surface area contributed by atoms with Crippen molar-refractivity contribution in [2.75, 3.05) is 0 Å². The van der Waals surface area contributed by atoms with Crippen molar-refractivity contribution in [3.63, 3.8) is 0 Å². The van der Waals surface area contributed by atoms with Crippen LogP contribution in [0.5, 0.6) is 0 Å². The van der Waals surface area contributed by atoms with Crippen molar-refractivity contribution < 1.29 is 9.59 Å². The zero-order valence-electron chi connectivity index (χ0n) is 20.6. The molecular formula is C29H32Cl2N2O2. The number of hydrogen-bond donors (Lipinski definition) is 1. The molecule has 3 aromatic rings. The maximum absolute atomic E-state index is 13.8. The van der Waals surface area contributed by atoms with Gasteiger partial charge >= 0.3 is 0 Å². The van der Waals surface area contributed by atoms with Gasteiger partial charge in [-0.15, -0.1) is 0 Å². The average molecular weight is 511 g/mol. The molecule has 1 N–H and O–H groups in total. The third-order valence-electron chi connectivity index (χ3n) is 5.60. The molecule has 0 aliphatic carbocycles. The molecule has 35 heavy (non-hydrogen) atoms. The fourth-order valence-electron chi connectivity index (χ4n) is 3.82. The second-order valence-corrected chi connectivity index (χ2v) is 10.7.